The summed E-state index contributed by atoms with van der Waals surface area (Å²) in [6.07, 6.45) is 5.68. The molecule has 0 aromatic carbocycles. The zero-order valence-electron chi connectivity index (χ0n) is 12.5. The van der Waals surface area contributed by atoms with Crippen LogP contribution in [0.3, 0.4) is 0 Å². The minimum atomic E-state index is -0.672. The summed E-state index contributed by atoms with van der Waals surface area (Å²) in [6, 6.07) is 0.0235. The summed E-state index contributed by atoms with van der Waals surface area (Å²) < 4.78 is 0. The van der Waals surface area contributed by atoms with Crippen LogP contribution < -0.4 is 0 Å². The molecule has 1 saturated carbocycles. The lowest BCUT2D eigenvalue weighted by Crippen LogP contribution is -2.54. The van der Waals surface area contributed by atoms with E-state index in [9.17, 15) is 15.3 Å². The molecule has 0 radical (unpaired) electrons. The molecule has 3 atom stereocenters. The van der Waals surface area contributed by atoms with E-state index >= 15 is 0 Å². The Morgan fingerprint density at radius 2 is 1.63 bits per heavy atom. The van der Waals surface area contributed by atoms with Crippen LogP contribution in [0.15, 0.2) is 0 Å². The molecule has 2 fully saturated rings. The Kier molecular flexibility index (Phi) is 7.91. The highest BCUT2D eigenvalue weighted by atomic mass is 16.3. The summed E-state index contributed by atoms with van der Waals surface area (Å²) in [5, 5.41) is 28.7. The van der Waals surface area contributed by atoms with Crippen LogP contribution in [0.25, 0.3) is 0 Å². The second-order valence-corrected chi connectivity index (χ2v) is 5.66. The van der Waals surface area contributed by atoms with Gasteiger partial charge < -0.3 is 15.3 Å². The van der Waals surface area contributed by atoms with E-state index in [-0.39, 0.29) is 12.6 Å². The number of aliphatic hydroxyl groups is 3. The topological polar surface area (TPSA) is 63.9 Å². The normalized spacial score (nSPS) is 33.6. The molecule has 4 nitrogen and oxygen atoms in total. The Bertz CT molecular complexity index is 231. The number of hydrogen-bond acceptors (Lipinski definition) is 4. The summed E-state index contributed by atoms with van der Waals surface area (Å²) in [4.78, 5) is 2.17. The van der Waals surface area contributed by atoms with Crippen molar-refractivity contribution >= 4 is 0 Å². The van der Waals surface area contributed by atoms with Crippen molar-refractivity contribution in [3.63, 3.8) is 0 Å². The second-order valence-electron chi connectivity index (χ2n) is 5.66. The molecule has 0 bridgehead atoms. The van der Waals surface area contributed by atoms with Gasteiger partial charge in [-0.25, -0.2) is 0 Å². The third kappa shape index (κ3) is 5.03. The Morgan fingerprint density at radius 3 is 2.21 bits per heavy atom. The predicted octanol–water partition coefficient (Wildman–Crippen LogP) is 1.38. The molecule has 1 heterocycles. The van der Waals surface area contributed by atoms with Gasteiger partial charge in [-0.2, -0.15) is 0 Å². The smallest absolute Gasteiger partial charge is 0.0926 e. The van der Waals surface area contributed by atoms with Crippen LogP contribution >= 0.6 is 0 Å². The highest BCUT2D eigenvalue weighted by molar-refractivity contribution is 4.88. The van der Waals surface area contributed by atoms with E-state index in [0.29, 0.717) is 18.9 Å². The molecule has 4 heteroatoms. The summed E-state index contributed by atoms with van der Waals surface area (Å²) in [5.41, 5.74) is 0. The van der Waals surface area contributed by atoms with Gasteiger partial charge in [-0.3, -0.25) is 4.90 Å². The highest BCUT2D eigenvalue weighted by Gasteiger charge is 2.34. The molecule has 0 spiro atoms. The minimum Gasteiger partial charge on any atom is -0.395 e. The first kappa shape index (κ1) is 16.9. The number of hydrogen-bond donors (Lipinski definition) is 3. The maximum absolute atomic E-state index is 9.72. The van der Waals surface area contributed by atoms with Crippen molar-refractivity contribution in [3.8, 4) is 0 Å². The lowest BCUT2D eigenvalue weighted by molar-refractivity contribution is -0.0756. The maximum Gasteiger partial charge on any atom is 0.0926 e. The predicted molar refractivity (Wildman–Crippen MR) is 77.0 cm³/mol. The molecule has 2 aliphatic rings. The first-order valence-corrected chi connectivity index (χ1v) is 7.91. The molecule has 1 saturated heterocycles. The van der Waals surface area contributed by atoms with E-state index in [4.69, 9.17) is 0 Å². The van der Waals surface area contributed by atoms with Gasteiger partial charge in [0.1, 0.15) is 0 Å². The lowest BCUT2D eigenvalue weighted by atomic mass is 9.87. The van der Waals surface area contributed by atoms with Crippen molar-refractivity contribution in [1.29, 1.82) is 0 Å². The van der Waals surface area contributed by atoms with Gasteiger partial charge in [0.15, 0.2) is 0 Å². The summed E-state index contributed by atoms with van der Waals surface area (Å²) in [7, 11) is 0. The van der Waals surface area contributed by atoms with Gasteiger partial charge in [0, 0.05) is 19.1 Å². The van der Waals surface area contributed by atoms with E-state index in [1.165, 1.54) is 32.1 Å². The van der Waals surface area contributed by atoms with Gasteiger partial charge in [0.2, 0.25) is 0 Å². The molecular formula is C15H31NO3. The van der Waals surface area contributed by atoms with Crippen LogP contribution in [-0.4, -0.2) is 58.2 Å². The Hall–Kier alpha value is -0.160. The van der Waals surface area contributed by atoms with Crippen LogP contribution in [0.1, 0.15) is 52.4 Å². The molecule has 2 rings (SSSR count). The Balaban J connectivity index is 0.000000861. The first-order valence-electron chi connectivity index (χ1n) is 7.91. The number of piperidine rings is 1. The van der Waals surface area contributed by atoms with Crippen LogP contribution in [0.5, 0.6) is 0 Å². The molecule has 0 aromatic rings. The van der Waals surface area contributed by atoms with Crippen LogP contribution in [-0.2, 0) is 0 Å². The third-order valence-electron chi connectivity index (χ3n) is 4.32. The number of β-amino-alcohol motifs (C(OH)–C–C–N with tert-alkyl or cyclic N) is 1. The standard InChI is InChI=1S/C13H25NO3.C2H6/c15-9-11-6-12(16)13(17)8-14(11)7-10-4-2-1-3-5-10;1-2/h10-13,15-17H,1-9H2;1-2H3/t11-,12?,13+;/m1./s1. The average molecular weight is 273 g/mol. The molecular weight excluding hydrogens is 242 g/mol. The van der Waals surface area contributed by atoms with Gasteiger partial charge in [-0.1, -0.05) is 33.1 Å². The molecule has 19 heavy (non-hydrogen) atoms. The quantitative estimate of drug-likeness (QED) is 0.727. The van der Waals surface area contributed by atoms with Gasteiger partial charge in [0.25, 0.3) is 0 Å². The van der Waals surface area contributed by atoms with E-state index in [2.05, 4.69) is 4.90 Å². The average Bonchev–Trinajstić information content (AvgIpc) is 2.46. The molecule has 0 aromatic heterocycles. The fraction of sp³-hybridized carbons (Fsp3) is 1.00. The van der Waals surface area contributed by atoms with Crippen molar-refractivity contribution in [2.24, 2.45) is 5.92 Å². The van der Waals surface area contributed by atoms with Crippen molar-refractivity contribution in [1.82, 2.24) is 4.90 Å². The van der Waals surface area contributed by atoms with Crippen molar-refractivity contribution < 1.29 is 15.3 Å². The molecule has 1 aliphatic carbocycles. The fourth-order valence-corrected chi connectivity index (χ4v) is 3.21. The number of likely N-dealkylation sites (tertiary alicyclic amines) is 1. The SMILES string of the molecule is CC.OC[C@H]1CC(O)[C@@H](O)CN1CC1CCCCC1. The highest BCUT2D eigenvalue weighted by Crippen LogP contribution is 2.27. The Labute approximate surface area is 117 Å². The number of aliphatic hydroxyl groups excluding tert-OH is 3. The van der Waals surface area contributed by atoms with E-state index in [0.717, 1.165) is 6.54 Å². The summed E-state index contributed by atoms with van der Waals surface area (Å²) in [5.74, 6) is 0.709. The van der Waals surface area contributed by atoms with Gasteiger partial charge in [-0.15, -0.1) is 0 Å². The molecule has 1 unspecified atom stereocenters. The zero-order chi connectivity index (χ0) is 14.3. The number of nitrogens with zero attached hydrogens (tertiary/aromatic N) is 1. The molecule has 1 aliphatic heterocycles. The van der Waals surface area contributed by atoms with E-state index in [1.807, 2.05) is 13.8 Å². The monoisotopic (exact) mass is 273 g/mol. The minimum absolute atomic E-state index is 0.0235. The summed E-state index contributed by atoms with van der Waals surface area (Å²) in [6.45, 7) is 5.55. The first-order chi connectivity index (χ1) is 9.20. The summed E-state index contributed by atoms with van der Waals surface area (Å²) >= 11 is 0. The third-order valence-corrected chi connectivity index (χ3v) is 4.32. The van der Waals surface area contributed by atoms with Crippen LogP contribution in [0.4, 0.5) is 0 Å². The van der Waals surface area contributed by atoms with Crippen molar-refractivity contribution in [2.75, 3.05) is 19.7 Å². The Morgan fingerprint density at radius 1 is 1.00 bits per heavy atom. The largest absolute Gasteiger partial charge is 0.395 e. The zero-order valence-corrected chi connectivity index (χ0v) is 12.5. The molecule has 114 valence electrons. The van der Waals surface area contributed by atoms with Gasteiger partial charge >= 0.3 is 0 Å². The number of rotatable bonds is 3. The van der Waals surface area contributed by atoms with E-state index < -0.39 is 12.2 Å². The van der Waals surface area contributed by atoms with Crippen molar-refractivity contribution in [2.45, 2.75) is 70.6 Å². The lowest BCUT2D eigenvalue weighted by Gasteiger charge is -2.41. The molecule has 3 N–H and O–H groups in total. The van der Waals surface area contributed by atoms with Crippen LogP contribution in [0.2, 0.25) is 0 Å². The van der Waals surface area contributed by atoms with Crippen molar-refractivity contribution in [3.05, 3.63) is 0 Å². The molecule has 0 amide bonds. The fourth-order valence-electron chi connectivity index (χ4n) is 3.21. The van der Waals surface area contributed by atoms with E-state index in [1.54, 1.807) is 0 Å². The van der Waals surface area contributed by atoms with Crippen LogP contribution in [0, 0.1) is 5.92 Å². The van der Waals surface area contributed by atoms with Gasteiger partial charge in [-0.05, 0) is 25.2 Å². The second kappa shape index (κ2) is 8.90. The maximum atomic E-state index is 9.72. The van der Waals surface area contributed by atoms with Gasteiger partial charge in [0.05, 0.1) is 18.8 Å².